The molecule has 2 N–H and O–H groups in total. The van der Waals surface area contributed by atoms with E-state index >= 15 is 0 Å². The Bertz CT molecular complexity index is 339. The van der Waals surface area contributed by atoms with Crippen LogP contribution in [0.3, 0.4) is 0 Å². The monoisotopic (exact) mass is 247 g/mol. The summed E-state index contributed by atoms with van der Waals surface area (Å²) in [4.78, 5) is 4.59. The van der Waals surface area contributed by atoms with E-state index in [1.54, 1.807) is 6.07 Å². The van der Waals surface area contributed by atoms with Gasteiger partial charge in [-0.05, 0) is 29.5 Å². The minimum absolute atomic E-state index is 0.0684. The molecule has 15 heavy (non-hydrogen) atoms. The first-order valence-corrected chi connectivity index (χ1v) is 5.50. The molecule has 1 aromatic rings. The predicted molar refractivity (Wildman–Crippen MR) is 64.2 cm³/mol. The van der Waals surface area contributed by atoms with Crippen LogP contribution >= 0.6 is 23.2 Å². The third kappa shape index (κ3) is 3.35. The molecule has 1 aromatic carbocycles. The highest BCUT2D eigenvalue weighted by Crippen LogP contribution is 2.34. The van der Waals surface area contributed by atoms with E-state index in [1.807, 2.05) is 12.1 Å². The zero-order chi connectivity index (χ0) is 11.5. The topological polar surface area (TPSA) is 35.2 Å². The van der Waals surface area contributed by atoms with E-state index in [4.69, 9.17) is 29.1 Å². The Morgan fingerprint density at radius 3 is 2.53 bits per heavy atom. The SMILES string of the molecule is CC(C)(CCON)c1ccc(Cl)cc1Cl. The molecule has 0 aliphatic carbocycles. The summed E-state index contributed by atoms with van der Waals surface area (Å²) in [5.41, 5.74) is 0.992. The second kappa shape index (κ2) is 5.17. The van der Waals surface area contributed by atoms with E-state index in [0.717, 1.165) is 12.0 Å². The standard InChI is InChI=1S/C11H15Cl2NO/c1-11(2,5-6-15-14)9-4-3-8(12)7-10(9)13/h3-4,7H,5-6,14H2,1-2H3. The van der Waals surface area contributed by atoms with Crippen LogP contribution in [0.5, 0.6) is 0 Å². The van der Waals surface area contributed by atoms with E-state index < -0.39 is 0 Å². The third-order valence-corrected chi connectivity index (χ3v) is 3.05. The van der Waals surface area contributed by atoms with Gasteiger partial charge in [0.15, 0.2) is 0 Å². The van der Waals surface area contributed by atoms with Gasteiger partial charge in [-0.1, -0.05) is 43.1 Å². The first kappa shape index (κ1) is 12.8. The van der Waals surface area contributed by atoms with Crippen molar-refractivity contribution in [2.45, 2.75) is 25.7 Å². The van der Waals surface area contributed by atoms with E-state index in [-0.39, 0.29) is 5.41 Å². The lowest BCUT2D eigenvalue weighted by Crippen LogP contribution is -2.21. The Hall–Kier alpha value is -0.280. The van der Waals surface area contributed by atoms with Crippen molar-refractivity contribution in [3.05, 3.63) is 33.8 Å². The number of hydrogen-bond acceptors (Lipinski definition) is 2. The minimum atomic E-state index is -0.0684. The van der Waals surface area contributed by atoms with Crippen molar-refractivity contribution in [2.75, 3.05) is 6.61 Å². The molecule has 0 spiro atoms. The zero-order valence-corrected chi connectivity index (χ0v) is 10.4. The quantitative estimate of drug-likeness (QED) is 0.827. The van der Waals surface area contributed by atoms with E-state index in [1.165, 1.54) is 0 Å². The molecule has 0 unspecified atom stereocenters. The van der Waals surface area contributed by atoms with Crippen LogP contribution in [0, 0.1) is 0 Å². The van der Waals surface area contributed by atoms with Gasteiger partial charge in [0, 0.05) is 10.0 Å². The molecule has 0 atom stereocenters. The molecule has 0 saturated carbocycles. The molecular formula is C11H15Cl2NO. The molecule has 1 rings (SSSR count). The minimum Gasteiger partial charge on any atom is -0.305 e. The zero-order valence-electron chi connectivity index (χ0n) is 8.89. The highest BCUT2D eigenvalue weighted by molar-refractivity contribution is 6.35. The summed E-state index contributed by atoms with van der Waals surface area (Å²) in [6, 6.07) is 5.54. The number of nitrogens with two attached hydrogens (primary N) is 1. The van der Waals surface area contributed by atoms with Gasteiger partial charge in [0.05, 0.1) is 6.61 Å². The van der Waals surface area contributed by atoms with Crippen LogP contribution in [0.1, 0.15) is 25.8 Å². The van der Waals surface area contributed by atoms with Gasteiger partial charge >= 0.3 is 0 Å². The van der Waals surface area contributed by atoms with Crippen LogP contribution < -0.4 is 5.90 Å². The second-order valence-electron chi connectivity index (χ2n) is 4.13. The van der Waals surface area contributed by atoms with Gasteiger partial charge in [0.25, 0.3) is 0 Å². The van der Waals surface area contributed by atoms with Crippen molar-refractivity contribution < 1.29 is 4.84 Å². The maximum Gasteiger partial charge on any atom is 0.0687 e. The molecule has 84 valence electrons. The molecule has 0 fully saturated rings. The Morgan fingerprint density at radius 2 is 2.00 bits per heavy atom. The Labute approximate surface area is 100 Å². The molecular weight excluding hydrogens is 233 g/mol. The predicted octanol–water partition coefficient (Wildman–Crippen LogP) is 3.55. The van der Waals surface area contributed by atoms with Crippen LogP contribution in [-0.2, 0) is 10.3 Å². The molecule has 0 radical (unpaired) electrons. The van der Waals surface area contributed by atoms with Crippen molar-refractivity contribution >= 4 is 23.2 Å². The fraction of sp³-hybridized carbons (Fsp3) is 0.455. The maximum absolute atomic E-state index is 6.14. The highest BCUT2D eigenvalue weighted by atomic mass is 35.5. The lowest BCUT2D eigenvalue weighted by Gasteiger charge is -2.25. The smallest absolute Gasteiger partial charge is 0.0687 e. The van der Waals surface area contributed by atoms with Gasteiger partial charge in [-0.2, -0.15) is 0 Å². The summed E-state index contributed by atoms with van der Waals surface area (Å²) in [6.45, 7) is 4.70. The fourth-order valence-electron chi connectivity index (χ4n) is 1.49. The highest BCUT2D eigenvalue weighted by Gasteiger charge is 2.22. The van der Waals surface area contributed by atoms with Crippen LogP contribution in [-0.4, -0.2) is 6.61 Å². The van der Waals surface area contributed by atoms with Crippen molar-refractivity contribution in [3.63, 3.8) is 0 Å². The van der Waals surface area contributed by atoms with E-state index in [9.17, 15) is 0 Å². The van der Waals surface area contributed by atoms with Gasteiger partial charge in [-0.25, -0.2) is 5.90 Å². The van der Waals surface area contributed by atoms with Gasteiger partial charge < -0.3 is 4.84 Å². The Morgan fingerprint density at radius 1 is 1.33 bits per heavy atom. The number of halogens is 2. The summed E-state index contributed by atoms with van der Waals surface area (Å²) < 4.78 is 0. The summed E-state index contributed by atoms with van der Waals surface area (Å²) in [5, 5.41) is 1.33. The Balaban J connectivity index is 2.93. The maximum atomic E-state index is 6.14. The average Bonchev–Trinajstić information content (AvgIpc) is 2.14. The molecule has 0 aliphatic heterocycles. The molecule has 0 amide bonds. The van der Waals surface area contributed by atoms with Crippen molar-refractivity contribution in [1.82, 2.24) is 0 Å². The number of benzene rings is 1. The van der Waals surface area contributed by atoms with Crippen LogP contribution in [0.25, 0.3) is 0 Å². The fourth-order valence-corrected chi connectivity index (χ4v) is 2.15. The summed E-state index contributed by atoms with van der Waals surface area (Å²) >= 11 is 12.0. The molecule has 0 aromatic heterocycles. The largest absolute Gasteiger partial charge is 0.305 e. The molecule has 0 bridgehead atoms. The molecule has 0 aliphatic rings. The van der Waals surface area contributed by atoms with Crippen LogP contribution in [0.4, 0.5) is 0 Å². The van der Waals surface area contributed by atoms with Crippen molar-refractivity contribution in [1.29, 1.82) is 0 Å². The van der Waals surface area contributed by atoms with E-state index in [0.29, 0.717) is 16.7 Å². The summed E-state index contributed by atoms with van der Waals surface area (Å²) in [5.74, 6) is 5.02. The first-order valence-electron chi connectivity index (χ1n) is 4.74. The Kier molecular flexibility index (Phi) is 4.41. The van der Waals surface area contributed by atoms with Gasteiger partial charge in [-0.3, -0.25) is 0 Å². The lowest BCUT2D eigenvalue weighted by atomic mass is 9.82. The molecule has 0 saturated heterocycles. The van der Waals surface area contributed by atoms with Crippen LogP contribution in [0.15, 0.2) is 18.2 Å². The molecule has 2 nitrogen and oxygen atoms in total. The number of hydrogen-bond donors (Lipinski definition) is 1. The van der Waals surface area contributed by atoms with Gasteiger partial charge in [-0.15, -0.1) is 0 Å². The number of rotatable bonds is 4. The average molecular weight is 248 g/mol. The summed E-state index contributed by atoms with van der Waals surface area (Å²) in [6.07, 6.45) is 0.810. The molecule has 4 heteroatoms. The van der Waals surface area contributed by atoms with Gasteiger partial charge in [0.2, 0.25) is 0 Å². The normalized spacial score (nSPS) is 11.8. The second-order valence-corrected chi connectivity index (χ2v) is 4.97. The lowest BCUT2D eigenvalue weighted by molar-refractivity contribution is 0.121. The van der Waals surface area contributed by atoms with Crippen molar-refractivity contribution in [2.24, 2.45) is 5.90 Å². The molecule has 0 heterocycles. The first-order chi connectivity index (χ1) is 6.97. The van der Waals surface area contributed by atoms with E-state index in [2.05, 4.69) is 18.7 Å². The summed E-state index contributed by atoms with van der Waals surface area (Å²) in [7, 11) is 0. The van der Waals surface area contributed by atoms with Crippen molar-refractivity contribution in [3.8, 4) is 0 Å². The third-order valence-electron chi connectivity index (χ3n) is 2.51. The van der Waals surface area contributed by atoms with Crippen LogP contribution in [0.2, 0.25) is 10.0 Å². The van der Waals surface area contributed by atoms with Gasteiger partial charge in [0.1, 0.15) is 0 Å².